The summed E-state index contributed by atoms with van der Waals surface area (Å²) in [5.74, 6) is -4.30. The minimum atomic E-state index is -4.83. The summed E-state index contributed by atoms with van der Waals surface area (Å²) in [7, 11) is 0. The van der Waals surface area contributed by atoms with Gasteiger partial charge in [-0.15, -0.1) is 0 Å². The molecule has 0 saturated carbocycles. The standard InChI is InChI=1S/C26H25F7N6O4/c1-25(41,13-43-19-5-8-34-22(36-19)26(31,32)33)15-11-35-23(42-12-18(29)30)37-20(15)14-6-9-39(10-7-14)24(40)38-21-16(27)3-2-4-17(21)28/h2-5,8,11,14,18,41H,6-7,9-10,12-13H2,1H3,(H,38,40). The number of alkyl halides is 5. The van der Waals surface area contributed by atoms with Crippen LogP contribution in [0.15, 0.2) is 36.7 Å². The zero-order valence-electron chi connectivity index (χ0n) is 22.4. The van der Waals surface area contributed by atoms with Gasteiger partial charge in [-0.05, 0) is 31.9 Å². The van der Waals surface area contributed by atoms with Crippen molar-refractivity contribution in [3.63, 3.8) is 0 Å². The molecule has 43 heavy (non-hydrogen) atoms. The van der Waals surface area contributed by atoms with Gasteiger partial charge in [-0.3, -0.25) is 0 Å². The smallest absolute Gasteiger partial charge is 0.451 e. The third-order valence-corrected chi connectivity index (χ3v) is 6.46. The number of aromatic nitrogens is 4. The monoisotopic (exact) mass is 618 g/mol. The first-order valence-corrected chi connectivity index (χ1v) is 12.8. The summed E-state index contributed by atoms with van der Waals surface area (Å²) in [5.41, 5.74) is -2.28. The minimum Gasteiger partial charge on any atom is -0.474 e. The number of urea groups is 1. The lowest BCUT2D eigenvalue weighted by atomic mass is 9.86. The number of hydrogen-bond acceptors (Lipinski definition) is 8. The van der Waals surface area contributed by atoms with Crippen molar-refractivity contribution in [1.29, 1.82) is 0 Å². The maximum Gasteiger partial charge on any atom is 0.451 e. The summed E-state index contributed by atoms with van der Waals surface area (Å²) in [6, 6.07) is 3.04. The number of benzene rings is 1. The van der Waals surface area contributed by atoms with Crippen molar-refractivity contribution in [2.75, 3.05) is 31.6 Å². The van der Waals surface area contributed by atoms with E-state index in [-0.39, 0.29) is 37.2 Å². The normalized spacial score (nSPS) is 15.7. The number of rotatable bonds is 9. The molecule has 17 heteroatoms. The molecule has 1 aliphatic heterocycles. The Kier molecular flexibility index (Phi) is 9.52. The van der Waals surface area contributed by atoms with E-state index in [2.05, 4.69) is 25.3 Å². The van der Waals surface area contributed by atoms with Crippen LogP contribution in [0.4, 0.5) is 41.2 Å². The van der Waals surface area contributed by atoms with Crippen molar-refractivity contribution in [3.05, 3.63) is 65.4 Å². The van der Waals surface area contributed by atoms with Gasteiger partial charge in [-0.2, -0.15) is 23.1 Å². The highest BCUT2D eigenvalue weighted by atomic mass is 19.4. The first kappa shape index (κ1) is 31.7. The number of nitrogens with one attached hydrogen (secondary N) is 1. The molecular weight excluding hydrogens is 593 g/mol. The number of ether oxygens (including phenoxy) is 2. The van der Waals surface area contributed by atoms with Gasteiger partial charge in [0.25, 0.3) is 6.43 Å². The van der Waals surface area contributed by atoms with Crippen molar-refractivity contribution >= 4 is 11.7 Å². The molecule has 4 rings (SSSR count). The minimum absolute atomic E-state index is 0.0679. The average Bonchev–Trinajstić information content (AvgIpc) is 2.96. The van der Waals surface area contributed by atoms with Crippen molar-refractivity contribution in [2.45, 2.75) is 43.9 Å². The first-order valence-electron chi connectivity index (χ1n) is 12.8. The molecule has 10 nitrogen and oxygen atoms in total. The van der Waals surface area contributed by atoms with Crippen molar-refractivity contribution in [2.24, 2.45) is 0 Å². The summed E-state index contributed by atoms with van der Waals surface area (Å²) in [6.07, 6.45) is -5.22. The van der Waals surface area contributed by atoms with Crippen LogP contribution >= 0.6 is 0 Å². The fourth-order valence-corrected chi connectivity index (χ4v) is 4.32. The van der Waals surface area contributed by atoms with Gasteiger partial charge in [0.1, 0.15) is 29.5 Å². The number of piperidine rings is 1. The predicted molar refractivity (Wildman–Crippen MR) is 135 cm³/mol. The molecular formula is C26H25F7N6O4. The number of carbonyl (C=O) groups is 1. The van der Waals surface area contributed by atoms with Crippen LogP contribution in [0, 0.1) is 11.6 Å². The Morgan fingerprint density at radius 1 is 1.09 bits per heavy atom. The fourth-order valence-electron chi connectivity index (χ4n) is 4.32. The summed E-state index contributed by atoms with van der Waals surface area (Å²) in [5, 5.41) is 13.5. The molecule has 1 atom stereocenters. The molecule has 0 aliphatic carbocycles. The van der Waals surface area contributed by atoms with Crippen molar-refractivity contribution in [3.8, 4) is 11.9 Å². The van der Waals surface area contributed by atoms with Gasteiger partial charge < -0.3 is 24.8 Å². The van der Waals surface area contributed by atoms with Crippen LogP contribution in [0.3, 0.4) is 0 Å². The maximum atomic E-state index is 14.0. The molecule has 1 aromatic carbocycles. The average molecular weight is 619 g/mol. The van der Waals surface area contributed by atoms with E-state index in [1.54, 1.807) is 0 Å². The maximum absolute atomic E-state index is 14.0. The Balaban J connectivity index is 1.52. The molecule has 1 saturated heterocycles. The number of likely N-dealkylation sites (tertiary alicyclic amines) is 1. The summed E-state index contributed by atoms with van der Waals surface area (Å²) in [4.78, 5) is 28.5. The van der Waals surface area contributed by atoms with Crippen LogP contribution in [0.25, 0.3) is 0 Å². The topological polar surface area (TPSA) is 123 Å². The second kappa shape index (κ2) is 12.9. The molecule has 2 aromatic heterocycles. The zero-order valence-corrected chi connectivity index (χ0v) is 22.4. The van der Waals surface area contributed by atoms with E-state index in [0.29, 0.717) is 0 Å². The third kappa shape index (κ3) is 7.97. The number of hydrogen-bond donors (Lipinski definition) is 2. The van der Waals surface area contributed by atoms with Gasteiger partial charge in [0.05, 0.1) is 5.69 Å². The van der Waals surface area contributed by atoms with Crippen LogP contribution in [0.1, 0.15) is 42.8 Å². The number of aliphatic hydroxyl groups is 1. The Labute approximate surface area is 239 Å². The van der Waals surface area contributed by atoms with Gasteiger partial charge in [0.15, 0.2) is 6.61 Å². The highest BCUT2D eigenvalue weighted by Crippen LogP contribution is 2.35. The second-order valence-corrected chi connectivity index (χ2v) is 9.72. The van der Waals surface area contributed by atoms with E-state index in [4.69, 9.17) is 9.47 Å². The van der Waals surface area contributed by atoms with Gasteiger partial charge in [0.2, 0.25) is 11.7 Å². The number of carbonyl (C=O) groups excluding carboxylic acids is 1. The molecule has 3 aromatic rings. The summed E-state index contributed by atoms with van der Waals surface area (Å²) in [6.45, 7) is -0.151. The van der Waals surface area contributed by atoms with E-state index < -0.39 is 78.4 Å². The molecule has 3 heterocycles. The van der Waals surface area contributed by atoms with E-state index in [1.807, 2.05) is 0 Å². The second-order valence-electron chi connectivity index (χ2n) is 9.72. The SMILES string of the molecule is CC(O)(COc1ccnc(C(F)(F)F)n1)c1cnc(OCC(F)F)nc1C1CCN(C(=O)Nc2c(F)cccc2F)CC1. The van der Waals surface area contributed by atoms with E-state index in [9.17, 15) is 40.6 Å². The predicted octanol–water partition coefficient (Wildman–Crippen LogP) is 4.91. The zero-order chi connectivity index (χ0) is 31.4. The van der Waals surface area contributed by atoms with Crippen LogP contribution in [0.2, 0.25) is 0 Å². The Morgan fingerprint density at radius 2 is 1.77 bits per heavy atom. The lowest BCUT2D eigenvalue weighted by Crippen LogP contribution is -2.41. The fraction of sp³-hybridized carbons (Fsp3) is 0.423. The van der Waals surface area contributed by atoms with Gasteiger partial charge in [-0.1, -0.05) is 6.07 Å². The van der Waals surface area contributed by atoms with Crippen molar-refractivity contribution in [1.82, 2.24) is 24.8 Å². The summed E-state index contributed by atoms with van der Waals surface area (Å²) < 4.78 is 103. The molecule has 1 aliphatic rings. The highest BCUT2D eigenvalue weighted by Gasteiger charge is 2.37. The van der Waals surface area contributed by atoms with Gasteiger partial charge in [-0.25, -0.2) is 32.3 Å². The summed E-state index contributed by atoms with van der Waals surface area (Å²) >= 11 is 0. The van der Waals surface area contributed by atoms with E-state index in [1.165, 1.54) is 11.8 Å². The molecule has 0 spiro atoms. The number of halogens is 7. The molecule has 1 unspecified atom stereocenters. The van der Waals surface area contributed by atoms with Gasteiger partial charge in [0, 0.05) is 43.0 Å². The molecule has 2 amide bonds. The number of nitrogens with zero attached hydrogens (tertiary/aromatic N) is 5. The first-order chi connectivity index (χ1) is 20.2. The highest BCUT2D eigenvalue weighted by molar-refractivity contribution is 5.89. The molecule has 2 N–H and O–H groups in total. The van der Waals surface area contributed by atoms with Gasteiger partial charge >= 0.3 is 18.2 Å². The van der Waals surface area contributed by atoms with Crippen LogP contribution in [-0.4, -0.2) is 68.7 Å². The Bertz CT molecular complexity index is 1420. The number of anilines is 1. The number of para-hydroxylation sites is 1. The quantitative estimate of drug-likeness (QED) is 0.325. The number of amides is 2. The largest absolute Gasteiger partial charge is 0.474 e. The molecule has 232 valence electrons. The lowest BCUT2D eigenvalue weighted by Gasteiger charge is -2.34. The molecule has 0 radical (unpaired) electrons. The Morgan fingerprint density at radius 3 is 2.40 bits per heavy atom. The van der Waals surface area contributed by atoms with Crippen LogP contribution in [0.5, 0.6) is 11.9 Å². The van der Waals surface area contributed by atoms with E-state index in [0.717, 1.165) is 36.7 Å². The van der Waals surface area contributed by atoms with E-state index >= 15 is 0 Å². The Hall–Kier alpha value is -4.28. The molecule has 1 fully saturated rings. The third-order valence-electron chi connectivity index (χ3n) is 6.46. The molecule has 0 bridgehead atoms. The van der Waals surface area contributed by atoms with Crippen molar-refractivity contribution < 1.29 is 50.1 Å². The lowest BCUT2D eigenvalue weighted by molar-refractivity contribution is -0.145. The van der Waals surface area contributed by atoms with Crippen LogP contribution in [-0.2, 0) is 11.8 Å². The van der Waals surface area contributed by atoms with Crippen LogP contribution < -0.4 is 14.8 Å².